The van der Waals surface area contributed by atoms with Gasteiger partial charge in [0.05, 0.1) is 11.6 Å². The van der Waals surface area contributed by atoms with Crippen molar-refractivity contribution in [3.05, 3.63) is 0 Å². The monoisotopic (exact) mass is 199 g/mol. The number of guanidine groups is 2. The molecule has 1 atom stereocenters. The Morgan fingerprint density at radius 1 is 1.36 bits per heavy atom. The van der Waals surface area contributed by atoms with Crippen LogP contribution in [0, 0.1) is 0 Å². The fourth-order valence-electron chi connectivity index (χ4n) is 1.42. The largest absolute Gasteiger partial charge is 0.373 e. The maximum absolute atomic E-state index is 5.52. The van der Waals surface area contributed by atoms with Gasteiger partial charge in [0.1, 0.15) is 0 Å². The SMILES string of the molecule is CC1(C)OCCC1N=C(N)N=C(N)N. The molecule has 0 bridgehead atoms. The highest BCUT2D eigenvalue weighted by Gasteiger charge is 2.35. The highest BCUT2D eigenvalue weighted by Crippen LogP contribution is 2.27. The van der Waals surface area contributed by atoms with Gasteiger partial charge in [-0.25, -0.2) is 4.99 Å². The van der Waals surface area contributed by atoms with E-state index in [9.17, 15) is 0 Å². The molecular formula is C8H17N5O. The smallest absolute Gasteiger partial charge is 0.218 e. The van der Waals surface area contributed by atoms with Crippen molar-refractivity contribution < 1.29 is 4.74 Å². The molecule has 0 amide bonds. The maximum atomic E-state index is 5.52. The topological polar surface area (TPSA) is 112 Å². The first-order valence-corrected chi connectivity index (χ1v) is 4.48. The molecule has 0 aliphatic carbocycles. The van der Waals surface area contributed by atoms with Crippen LogP contribution in [0.25, 0.3) is 0 Å². The summed E-state index contributed by atoms with van der Waals surface area (Å²) in [5.74, 6) is 0.0246. The number of nitrogens with zero attached hydrogens (tertiary/aromatic N) is 2. The van der Waals surface area contributed by atoms with Gasteiger partial charge < -0.3 is 21.9 Å². The van der Waals surface area contributed by atoms with Crippen molar-refractivity contribution in [1.82, 2.24) is 0 Å². The predicted molar refractivity (Wildman–Crippen MR) is 55.9 cm³/mol. The molecule has 1 aliphatic heterocycles. The van der Waals surface area contributed by atoms with Gasteiger partial charge in [0, 0.05) is 6.61 Å². The van der Waals surface area contributed by atoms with Crippen molar-refractivity contribution in [3.63, 3.8) is 0 Å². The molecule has 1 unspecified atom stereocenters. The van der Waals surface area contributed by atoms with Gasteiger partial charge in [0.15, 0.2) is 5.96 Å². The average molecular weight is 199 g/mol. The van der Waals surface area contributed by atoms with Crippen LogP contribution in [0.4, 0.5) is 0 Å². The summed E-state index contributed by atoms with van der Waals surface area (Å²) in [6.07, 6.45) is 0.841. The van der Waals surface area contributed by atoms with Gasteiger partial charge in [-0.1, -0.05) is 0 Å². The quantitative estimate of drug-likeness (QED) is 0.377. The van der Waals surface area contributed by atoms with Gasteiger partial charge >= 0.3 is 0 Å². The van der Waals surface area contributed by atoms with E-state index in [0.29, 0.717) is 6.61 Å². The van der Waals surface area contributed by atoms with E-state index in [1.165, 1.54) is 0 Å². The van der Waals surface area contributed by atoms with Gasteiger partial charge in [0.25, 0.3) is 0 Å². The van der Waals surface area contributed by atoms with Crippen LogP contribution in [0.5, 0.6) is 0 Å². The Bertz CT molecular complexity index is 267. The summed E-state index contributed by atoms with van der Waals surface area (Å²) in [5.41, 5.74) is 15.6. The van der Waals surface area contributed by atoms with Crippen molar-refractivity contribution in [2.45, 2.75) is 31.9 Å². The minimum absolute atomic E-state index is 0.0191. The van der Waals surface area contributed by atoms with Crippen molar-refractivity contribution in [1.29, 1.82) is 0 Å². The lowest BCUT2D eigenvalue weighted by atomic mass is 10.00. The van der Waals surface area contributed by atoms with E-state index in [-0.39, 0.29) is 23.6 Å². The minimum atomic E-state index is -0.288. The Hall–Kier alpha value is -1.30. The summed E-state index contributed by atoms with van der Waals surface area (Å²) in [4.78, 5) is 7.84. The number of hydrogen-bond acceptors (Lipinski definition) is 2. The lowest BCUT2D eigenvalue weighted by molar-refractivity contribution is 0.0287. The first kappa shape index (κ1) is 10.8. The molecule has 0 aromatic carbocycles. The second-order valence-corrected chi connectivity index (χ2v) is 3.78. The van der Waals surface area contributed by atoms with Crippen molar-refractivity contribution in [3.8, 4) is 0 Å². The zero-order valence-electron chi connectivity index (χ0n) is 8.53. The van der Waals surface area contributed by atoms with Crippen LogP contribution in [0.1, 0.15) is 20.3 Å². The van der Waals surface area contributed by atoms with Crippen molar-refractivity contribution in [2.75, 3.05) is 6.61 Å². The van der Waals surface area contributed by atoms with E-state index in [1.54, 1.807) is 0 Å². The van der Waals surface area contributed by atoms with Crippen LogP contribution in [-0.4, -0.2) is 30.2 Å². The van der Waals surface area contributed by atoms with Crippen molar-refractivity contribution >= 4 is 11.9 Å². The molecule has 6 nitrogen and oxygen atoms in total. The lowest BCUT2D eigenvalue weighted by Crippen LogP contribution is -2.33. The molecule has 6 heteroatoms. The van der Waals surface area contributed by atoms with Crippen LogP contribution >= 0.6 is 0 Å². The zero-order chi connectivity index (χ0) is 10.8. The predicted octanol–water partition coefficient (Wildman–Crippen LogP) is -0.858. The summed E-state index contributed by atoms with van der Waals surface area (Å²) < 4.78 is 5.49. The van der Waals surface area contributed by atoms with Gasteiger partial charge in [-0.2, -0.15) is 4.99 Å². The molecule has 1 rings (SSSR count). The average Bonchev–Trinajstić information content (AvgIpc) is 2.29. The summed E-state index contributed by atoms with van der Waals surface area (Å²) in [7, 11) is 0. The Kier molecular flexibility index (Phi) is 2.95. The van der Waals surface area contributed by atoms with E-state index in [2.05, 4.69) is 9.98 Å². The molecule has 0 saturated carbocycles. The molecule has 14 heavy (non-hydrogen) atoms. The fourth-order valence-corrected chi connectivity index (χ4v) is 1.42. The number of nitrogens with two attached hydrogens (primary N) is 3. The summed E-state index contributed by atoms with van der Waals surface area (Å²) in [5, 5.41) is 0. The van der Waals surface area contributed by atoms with Crippen LogP contribution in [-0.2, 0) is 4.74 Å². The Labute approximate surface area is 83.2 Å². The Morgan fingerprint density at radius 3 is 2.43 bits per heavy atom. The molecule has 0 radical (unpaired) electrons. The molecule has 0 aromatic heterocycles. The van der Waals surface area contributed by atoms with Gasteiger partial charge in [-0.15, -0.1) is 0 Å². The third-order valence-electron chi connectivity index (χ3n) is 2.20. The maximum Gasteiger partial charge on any atom is 0.218 e. The standard InChI is InChI=1S/C8H17N5O/c1-8(2)5(3-4-14-8)12-7(11)13-6(9)10/h5H,3-4H2,1-2H3,(H6,9,10,11,12,13). The van der Waals surface area contributed by atoms with E-state index in [4.69, 9.17) is 21.9 Å². The molecule has 1 fully saturated rings. The fraction of sp³-hybridized carbons (Fsp3) is 0.750. The van der Waals surface area contributed by atoms with E-state index < -0.39 is 0 Å². The summed E-state index contributed by atoms with van der Waals surface area (Å²) in [6, 6.07) is 0.0191. The van der Waals surface area contributed by atoms with Crippen LogP contribution in [0.15, 0.2) is 9.98 Å². The van der Waals surface area contributed by atoms with Gasteiger partial charge in [-0.3, -0.25) is 0 Å². The third kappa shape index (κ3) is 2.59. The number of rotatable bonds is 1. The second-order valence-electron chi connectivity index (χ2n) is 3.78. The summed E-state index contributed by atoms with van der Waals surface area (Å²) >= 11 is 0. The number of aliphatic imine (C=N–C) groups is 2. The molecule has 0 spiro atoms. The molecule has 1 saturated heterocycles. The van der Waals surface area contributed by atoms with Crippen LogP contribution < -0.4 is 17.2 Å². The highest BCUT2D eigenvalue weighted by molar-refractivity contribution is 5.92. The van der Waals surface area contributed by atoms with Crippen LogP contribution in [0.2, 0.25) is 0 Å². The Morgan fingerprint density at radius 2 is 2.00 bits per heavy atom. The molecular weight excluding hydrogens is 182 g/mol. The van der Waals surface area contributed by atoms with E-state index in [1.807, 2.05) is 13.8 Å². The molecule has 1 aliphatic rings. The van der Waals surface area contributed by atoms with Gasteiger partial charge in [0.2, 0.25) is 5.96 Å². The lowest BCUT2D eigenvalue weighted by Gasteiger charge is -2.22. The highest BCUT2D eigenvalue weighted by atomic mass is 16.5. The summed E-state index contributed by atoms with van der Waals surface area (Å²) in [6.45, 7) is 4.63. The zero-order valence-corrected chi connectivity index (χ0v) is 8.53. The first-order valence-electron chi connectivity index (χ1n) is 4.48. The second kappa shape index (κ2) is 3.83. The third-order valence-corrected chi connectivity index (χ3v) is 2.20. The normalized spacial score (nSPS) is 26.1. The molecule has 80 valence electrons. The first-order chi connectivity index (χ1) is 6.42. The van der Waals surface area contributed by atoms with Crippen LogP contribution in [0.3, 0.4) is 0 Å². The Balaban J connectivity index is 2.72. The number of hydrogen-bond donors (Lipinski definition) is 3. The van der Waals surface area contributed by atoms with Gasteiger partial charge in [-0.05, 0) is 20.3 Å². The molecule has 6 N–H and O–H groups in total. The van der Waals surface area contributed by atoms with E-state index >= 15 is 0 Å². The molecule has 0 aromatic rings. The molecule has 1 heterocycles. The number of ether oxygens (including phenoxy) is 1. The van der Waals surface area contributed by atoms with Crippen molar-refractivity contribution in [2.24, 2.45) is 27.2 Å². The van der Waals surface area contributed by atoms with E-state index in [0.717, 1.165) is 6.42 Å². The minimum Gasteiger partial charge on any atom is -0.373 e.